The predicted octanol–water partition coefficient (Wildman–Crippen LogP) is 1.26. The van der Waals surface area contributed by atoms with Crippen molar-refractivity contribution in [3.63, 3.8) is 0 Å². The van der Waals surface area contributed by atoms with E-state index in [2.05, 4.69) is 13.8 Å². The Balaban J connectivity index is 2.70. The monoisotopic (exact) mass is 199 g/mol. The van der Waals surface area contributed by atoms with Gasteiger partial charge in [-0.3, -0.25) is 4.79 Å². The van der Waals surface area contributed by atoms with Gasteiger partial charge in [0.2, 0.25) is 6.41 Å². The van der Waals surface area contributed by atoms with Gasteiger partial charge in [0.15, 0.2) is 0 Å². The highest BCUT2D eigenvalue weighted by molar-refractivity contribution is 5.48. The van der Waals surface area contributed by atoms with Gasteiger partial charge in [0.25, 0.3) is 0 Å². The molecular formula is C11H21NO2. The first-order valence-electron chi connectivity index (χ1n) is 5.29. The molecule has 1 fully saturated rings. The van der Waals surface area contributed by atoms with E-state index >= 15 is 0 Å². The average molecular weight is 199 g/mol. The number of carbonyl (C=O) groups excluding carboxylic acids is 1. The fourth-order valence-corrected chi connectivity index (χ4v) is 2.18. The number of aliphatic hydroxyl groups is 1. The Kier molecular flexibility index (Phi) is 3.20. The lowest BCUT2D eigenvalue weighted by atomic mass is 9.87. The van der Waals surface area contributed by atoms with Crippen LogP contribution in [0, 0.1) is 11.8 Å². The maximum Gasteiger partial charge on any atom is 0.209 e. The highest BCUT2D eigenvalue weighted by Crippen LogP contribution is 2.33. The molecule has 0 spiro atoms. The molecule has 0 aromatic rings. The fraction of sp³-hybridized carbons (Fsp3) is 0.909. The van der Waals surface area contributed by atoms with Gasteiger partial charge >= 0.3 is 0 Å². The van der Waals surface area contributed by atoms with Gasteiger partial charge in [0, 0.05) is 18.5 Å². The zero-order valence-electron chi connectivity index (χ0n) is 9.53. The minimum absolute atomic E-state index is 0.208. The van der Waals surface area contributed by atoms with Crippen LogP contribution in [0.4, 0.5) is 0 Å². The largest absolute Gasteiger partial charge is 0.390 e. The van der Waals surface area contributed by atoms with Gasteiger partial charge in [-0.05, 0) is 26.2 Å². The van der Waals surface area contributed by atoms with E-state index in [9.17, 15) is 9.90 Å². The van der Waals surface area contributed by atoms with Crippen molar-refractivity contribution < 1.29 is 9.90 Å². The van der Waals surface area contributed by atoms with E-state index in [1.165, 1.54) is 0 Å². The molecule has 1 heterocycles. The Bertz CT molecular complexity index is 208. The standard InChI is InChI=1S/C11H21NO2/c1-8(2)10-5-9(11(3,4)14)6-12(10)7-13/h7-10,14H,5-6H2,1-4H3. The van der Waals surface area contributed by atoms with E-state index < -0.39 is 5.60 Å². The van der Waals surface area contributed by atoms with Crippen LogP contribution in [0.1, 0.15) is 34.1 Å². The molecule has 3 nitrogen and oxygen atoms in total. The van der Waals surface area contributed by atoms with Crippen molar-refractivity contribution in [2.75, 3.05) is 6.54 Å². The molecule has 1 amide bonds. The van der Waals surface area contributed by atoms with Crippen LogP contribution in [0.15, 0.2) is 0 Å². The maximum atomic E-state index is 10.8. The lowest BCUT2D eigenvalue weighted by Crippen LogP contribution is -2.34. The van der Waals surface area contributed by atoms with E-state index in [1.807, 2.05) is 18.7 Å². The van der Waals surface area contributed by atoms with E-state index in [0.29, 0.717) is 18.5 Å². The van der Waals surface area contributed by atoms with Crippen molar-refractivity contribution in [1.29, 1.82) is 0 Å². The number of likely N-dealkylation sites (tertiary alicyclic amines) is 1. The van der Waals surface area contributed by atoms with Crippen molar-refractivity contribution in [2.45, 2.75) is 45.8 Å². The van der Waals surface area contributed by atoms with Gasteiger partial charge in [-0.2, -0.15) is 0 Å². The molecule has 0 bridgehead atoms. The second kappa shape index (κ2) is 3.89. The average Bonchev–Trinajstić information content (AvgIpc) is 2.45. The maximum absolute atomic E-state index is 10.8. The third-order valence-electron chi connectivity index (χ3n) is 3.29. The summed E-state index contributed by atoms with van der Waals surface area (Å²) in [6.45, 7) is 8.57. The van der Waals surface area contributed by atoms with Crippen LogP contribution in [0.2, 0.25) is 0 Å². The van der Waals surface area contributed by atoms with E-state index in [1.54, 1.807) is 0 Å². The van der Waals surface area contributed by atoms with Crippen LogP contribution in [0.3, 0.4) is 0 Å². The molecule has 0 aromatic heterocycles. The van der Waals surface area contributed by atoms with Gasteiger partial charge < -0.3 is 10.0 Å². The van der Waals surface area contributed by atoms with Crippen molar-refractivity contribution in [1.82, 2.24) is 4.90 Å². The van der Waals surface area contributed by atoms with Crippen molar-refractivity contribution >= 4 is 6.41 Å². The number of nitrogens with zero attached hydrogens (tertiary/aromatic N) is 1. The molecule has 0 aliphatic carbocycles. The summed E-state index contributed by atoms with van der Waals surface area (Å²) < 4.78 is 0. The van der Waals surface area contributed by atoms with Crippen molar-refractivity contribution in [3.05, 3.63) is 0 Å². The Labute approximate surface area is 86.1 Å². The summed E-state index contributed by atoms with van der Waals surface area (Å²) in [5.41, 5.74) is -0.676. The predicted molar refractivity (Wildman–Crippen MR) is 55.8 cm³/mol. The second-order valence-corrected chi connectivity index (χ2v) is 5.20. The van der Waals surface area contributed by atoms with Crippen LogP contribution in [-0.2, 0) is 4.79 Å². The number of hydrogen-bond donors (Lipinski definition) is 1. The Morgan fingerprint density at radius 2 is 2.07 bits per heavy atom. The molecule has 3 heteroatoms. The first kappa shape index (κ1) is 11.5. The lowest BCUT2D eigenvalue weighted by molar-refractivity contribution is -0.119. The van der Waals surface area contributed by atoms with Gasteiger partial charge in [-0.25, -0.2) is 0 Å². The number of rotatable bonds is 3. The van der Waals surface area contributed by atoms with Crippen LogP contribution in [0.5, 0.6) is 0 Å². The van der Waals surface area contributed by atoms with Crippen LogP contribution in [0.25, 0.3) is 0 Å². The third kappa shape index (κ3) is 2.27. The summed E-state index contributed by atoms with van der Waals surface area (Å²) in [6, 6.07) is 0.295. The van der Waals surface area contributed by atoms with Gasteiger partial charge in [0.1, 0.15) is 0 Å². The topological polar surface area (TPSA) is 40.5 Å². The zero-order valence-corrected chi connectivity index (χ0v) is 9.53. The summed E-state index contributed by atoms with van der Waals surface area (Å²) in [7, 11) is 0. The molecule has 0 saturated carbocycles. The van der Waals surface area contributed by atoms with Crippen LogP contribution >= 0.6 is 0 Å². The van der Waals surface area contributed by atoms with Crippen molar-refractivity contribution in [2.24, 2.45) is 11.8 Å². The summed E-state index contributed by atoms with van der Waals surface area (Å²) >= 11 is 0. The fourth-order valence-electron chi connectivity index (χ4n) is 2.18. The molecule has 1 aliphatic rings. The minimum Gasteiger partial charge on any atom is -0.390 e. The van der Waals surface area contributed by atoms with E-state index in [0.717, 1.165) is 12.8 Å². The van der Waals surface area contributed by atoms with Gasteiger partial charge in [-0.15, -0.1) is 0 Å². The molecule has 2 atom stereocenters. The molecule has 0 radical (unpaired) electrons. The van der Waals surface area contributed by atoms with E-state index in [-0.39, 0.29) is 5.92 Å². The Morgan fingerprint density at radius 1 is 1.50 bits per heavy atom. The quantitative estimate of drug-likeness (QED) is 0.695. The molecule has 1 saturated heterocycles. The first-order valence-corrected chi connectivity index (χ1v) is 5.29. The molecule has 2 unspecified atom stereocenters. The smallest absolute Gasteiger partial charge is 0.209 e. The first-order chi connectivity index (χ1) is 6.36. The molecule has 0 aromatic carbocycles. The van der Waals surface area contributed by atoms with E-state index in [4.69, 9.17) is 0 Å². The molecule has 14 heavy (non-hydrogen) atoms. The number of carbonyl (C=O) groups is 1. The van der Waals surface area contributed by atoms with Crippen molar-refractivity contribution in [3.8, 4) is 0 Å². The zero-order chi connectivity index (χ0) is 10.9. The Hall–Kier alpha value is -0.570. The number of hydrogen-bond acceptors (Lipinski definition) is 2. The van der Waals surface area contributed by atoms with Crippen LogP contribution in [-0.4, -0.2) is 34.6 Å². The second-order valence-electron chi connectivity index (χ2n) is 5.20. The lowest BCUT2D eigenvalue weighted by Gasteiger charge is -2.24. The van der Waals surface area contributed by atoms with Crippen LogP contribution < -0.4 is 0 Å². The normalized spacial score (nSPS) is 28.6. The summed E-state index contributed by atoms with van der Waals surface area (Å²) in [4.78, 5) is 12.7. The summed E-state index contributed by atoms with van der Waals surface area (Å²) in [6.07, 6.45) is 1.83. The number of amides is 1. The molecule has 1 aliphatic heterocycles. The molecule has 1 N–H and O–H groups in total. The van der Waals surface area contributed by atoms with Gasteiger partial charge in [0.05, 0.1) is 5.60 Å². The highest BCUT2D eigenvalue weighted by Gasteiger charge is 2.39. The highest BCUT2D eigenvalue weighted by atomic mass is 16.3. The molecule has 1 rings (SSSR count). The summed E-state index contributed by atoms with van der Waals surface area (Å²) in [5.74, 6) is 0.674. The third-order valence-corrected chi connectivity index (χ3v) is 3.29. The Morgan fingerprint density at radius 3 is 2.36 bits per heavy atom. The summed E-state index contributed by atoms with van der Waals surface area (Å²) in [5, 5.41) is 9.89. The minimum atomic E-state index is -0.676. The van der Waals surface area contributed by atoms with Gasteiger partial charge in [-0.1, -0.05) is 13.8 Å². The SMILES string of the molecule is CC(C)C1CC(C(C)(C)O)CN1C=O. The molecular weight excluding hydrogens is 178 g/mol. The molecule has 82 valence electrons.